The standard InChI is InChI=1S/C11H12O2/c1-2-3-4-5-6-10-7-8-13-11(10)9-12/h2-5,7-9H,6H2,1H3/b3-2+,5-4+. The lowest BCUT2D eigenvalue weighted by Crippen LogP contribution is -1.83. The zero-order valence-electron chi connectivity index (χ0n) is 7.57. The number of hydrogen-bond donors (Lipinski definition) is 0. The lowest BCUT2D eigenvalue weighted by molar-refractivity contribution is 0.109. The van der Waals surface area contributed by atoms with E-state index in [1.54, 1.807) is 0 Å². The van der Waals surface area contributed by atoms with Gasteiger partial charge in [-0.25, -0.2) is 0 Å². The van der Waals surface area contributed by atoms with Crippen LogP contribution in [0.2, 0.25) is 0 Å². The van der Waals surface area contributed by atoms with E-state index >= 15 is 0 Å². The Morgan fingerprint density at radius 3 is 3.00 bits per heavy atom. The fraction of sp³-hybridized carbons (Fsp3) is 0.182. The minimum absolute atomic E-state index is 0.421. The van der Waals surface area contributed by atoms with Crippen molar-refractivity contribution in [3.05, 3.63) is 48.0 Å². The monoisotopic (exact) mass is 176 g/mol. The molecule has 0 radical (unpaired) electrons. The number of allylic oxidation sites excluding steroid dienone is 4. The summed E-state index contributed by atoms with van der Waals surface area (Å²) in [6.45, 7) is 1.96. The van der Waals surface area contributed by atoms with Crippen molar-refractivity contribution < 1.29 is 9.21 Å². The van der Waals surface area contributed by atoms with E-state index in [2.05, 4.69) is 0 Å². The average Bonchev–Trinajstić information content (AvgIpc) is 2.60. The van der Waals surface area contributed by atoms with Crippen LogP contribution < -0.4 is 0 Å². The molecule has 1 heterocycles. The first-order chi connectivity index (χ1) is 6.38. The smallest absolute Gasteiger partial charge is 0.185 e. The molecule has 0 aliphatic carbocycles. The van der Waals surface area contributed by atoms with E-state index in [1.165, 1.54) is 6.26 Å². The molecule has 2 heteroatoms. The SMILES string of the molecule is C/C=C/C=C/Cc1ccoc1C=O. The molecule has 0 unspecified atom stereocenters. The van der Waals surface area contributed by atoms with Crippen molar-refractivity contribution in [1.29, 1.82) is 0 Å². The number of aldehydes is 1. The van der Waals surface area contributed by atoms with E-state index in [-0.39, 0.29) is 0 Å². The molecule has 0 amide bonds. The topological polar surface area (TPSA) is 30.2 Å². The highest BCUT2D eigenvalue weighted by molar-refractivity contribution is 5.73. The van der Waals surface area contributed by atoms with Crippen molar-refractivity contribution in [2.75, 3.05) is 0 Å². The molecule has 0 aliphatic heterocycles. The van der Waals surface area contributed by atoms with Crippen LogP contribution in [0.1, 0.15) is 23.0 Å². The van der Waals surface area contributed by atoms with Crippen molar-refractivity contribution in [3.63, 3.8) is 0 Å². The summed E-state index contributed by atoms with van der Waals surface area (Å²) in [6, 6.07) is 1.81. The minimum atomic E-state index is 0.421. The van der Waals surface area contributed by atoms with Crippen molar-refractivity contribution >= 4 is 6.29 Å². The maximum Gasteiger partial charge on any atom is 0.185 e. The van der Waals surface area contributed by atoms with Crippen LogP contribution in [0.4, 0.5) is 0 Å². The largest absolute Gasteiger partial charge is 0.461 e. The van der Waals surface area contributed by atoms with Gasteiger partial charge in [-0.3, -0.25) is 4.79 Å². The molecule has 0 saturated carbocycles. The average molecular weight is 176 g/mol. The highest BCUT2D eigenvalue weighted by atomic mass is 16.3. The maximum absolute atomic E-state index is 10.4. The zero-order chi connectivity index (χ0) is 9.52. The number of hydrogen-bond acceptors (Lipinski definition) is 2. The lowest BCUT2D eigenvalue weighted by Gasteiger charge is -1.88. The van der Waals surface area contributed by atoms with Crippen LogP contribution in [0.3, 0.4) is 0 Å². The molecule has 0 fully saturated rings. The molecule has 0 atom stereocenters. The highest BCUT2D eigenvalue weighted by Gasteiger charge is 2.01. The quantitative estimate of drug-likeness (QED) is 0.521. The summed E-state index contributed by atoms with van der Waals surface area (Å²) in [5.74, 6) is 0.421. The van der Waals surface area contributed by atoms with Gasteiger partial charge in [0.1, 0.15) is 0 Å². The molecule has 1 aromatic heterocycles. The fourth-order valence-corrected chi connectivity index (χ4v) is 1.00. The Hall–Kier alpha value is -1.57. The second-order valence-corrected chi connectivity index (χ2v) is 2.59. The Balaban J connectivity index is 2.58. The molecule has 13 heavy (non-hydrogen) atoms. The summed E-state index contributed by atoms with van der Waals surface area (Å²) >= 11 is 0. The highest BCUT2D eigenvalue weighted by Crippen LogP contribution is 2.08. The van der Waals surface area contributed by atoms with Crippen LogP contribution in [0.25, 0.3) is 0 Å². The van der Waals surface area contributed by atoms with Gasteiger partial charge in [-0.05, 0) is 19.4 Å². The number of furan rings is 1. The third kappa shape index (κ3) is 2.75. The first kappa shape index (κ1) is 9.52. The lowest BCUT2D eigenvalue weighted by atomic mass is 10.2. The Labute approximate surface area is 77.6 Å². The van der Waals surface area contributed by atoms with Gasteiger partial charge in [0.15, 0.2) is 12.0 Å². The molecule has 0 N–H and O–H groups in total. The number of carbonyl (C=O) groups excluding carboxylic acids is 1. The number of carbonyl (C=O) groups is 1. The van der Waals surface area contributed by atoms with Gasteiger partial charge in [0.2, 0.25) is 0 Å². The zero-order valence-corrected chi connectivity index (χ0v) is 7.57. The predicted molar refractivity (Wildman–Crippen MR) is 51.8 cm³/mol. The van der Waals surface area contributed by atoms with E-state index in [0.717, 1.165) is 18.3 Å². The van der Waals surface area contributed by atoms with Gasteiger partial charge in [-0.1, -0.05) is 24.3 Å². The first-order valence-corrected chi connectivity index (χ1v) is 4.18. The normalized spacial score (nSPS) is 11.5. The predicted octanol–water partition coefficient (Wildman–Crippen LogP) is 2.77. The molecule has 1 aromatic rings. The summed E-state index contributed by atoms with van der Waals surface area (Å²) in [6.07, 6.45) is 10.8. The molecule has 0 bridgehead atoms. The molecule has 0 saturated heterocycles. The minimum Gasteiger partial charge on any atom is -0.461 e. The van der Waals surface area contributed by atoms with Gasteiger partial charge in [0.25, 0.3) is 0 Å². The summed E-state index contributed by atoms with van der Waals surface area (Å²) in [5.41, 5.74) is 0.927. The van der Waals surface area contributed by atoms with Gasteiger partial charge in [0, 0.05) is 5.56 Å². The third-order valence-corrected chi connectivity index (χ3v) is 1.67. The molecular formula is C11H12O2. The second kappa shape index (κ2) is 5.14. The summed E-state index contributed by atoms with van der Waals surface area (Å²) < 4.78 is 4.95. The van der Waals surface area contributed by atoms with Gasteiger partial charge >= 0.3 is 0 Å². The van der Waals surface area contributed by atoms with E-state index in [4.69, 9.17) is 4.42 Å². The summed E-state index contributed by atoms with van der Waals surface area (Å²) in [7, 11) is 0. The molecule has 1 rings (SSSR count). The van der Waals surface area contributed by atoms with Gasteiger partial charge in [0.05, 0.1) is 6.26 Å². The molecule has 68 valence electrons. The third-order valence-electron chi connectivity index (χ3n) is 1.67. The Morgan fingerprint density at radius 1 is 1.46 bits per heavy atom. The second-order valence-electron chi connectivity index (χ2n) is 2.59. The maximum atomic E-state index is 10.4. The van der Waals surface area contributed by atoms with Crippen LogP contribution in [0.15, 0.2) is 41.1 Å². The molecular weight excluding hydrogens is 164 g/mol. The van der Waals surface area contributed by atoms with Crippen LogP contribution in [-0.2, 0) is 6.42 Å². The Kier molecular flexibility index (Phi) is 3.76. The summed E-state index contributed by atoms with van der Waals surface area (Å²) in [4.78, 5) is 10.4. The fourth-order valence-electron chi connectivity index (χ4n) is 1.00. The van der Waals surface area contributed by atoms with E-state index < -0.39 is 0 Å². The van der Waals surface area contributed by atoms with Crippen LogP contribution in [0.5, 0.6) is 0 Å². The summed E-state index contributed by atoms with van der Waals surface area (Å²) in [5, 5.41) is 0. The van der Waals surface area contributed by atoms with Crippen LogP contribution in [-0.4, -0.2) is 6.29 Å². The molecule has 0 aromatic carbocycles. The van der Waals surface area contributed by atoms with Gasteiger partial charge < -0.3 is 4.42 Å². The Bertz CT molecular complexity index is 319. The van der Waals surface area contributed by atoms with Crippen molar-refractivity contribution in [1.82, 2.24) is 0 Å². The number of rotatable bonds is 4. The molecule has 2 nitrogen and oxygen atoms in total. The van der Waals surface area contributed by atoms with Crippen molar-refractivity contribution in [2.45, 2.75) is 13.3 Å². The first-order valence-electron chi connectivity index (χ1n) is 4.18. The van der Waals surface area contributed by atoms with E-state index in [9.17, 15) is 4.79 Å². The van der Waals surface area contributed by atoms with E-state index in [0.29, 0.717) is 5.76 Å². The van der Waals surface area contributed by atoms with Gasteiger partial charge in [-0.2, -0.15) is 0 Å². The van der Waals surface area contributed by atoms with Crippen LogP contribution in [0, 0.1) is 0 Å². The van der Waals surface area contributed by atoms with Gasteiger partial charge in [-0.15, -0.1) is 0 Å². The van der Waals surface area contributed by atoms with Crippen LogP contribution >= 0.6 is 0 Å². The van der Waals surface area contributed by atoms with E-state index in [1.807, 2.05) is 37.3 Å². The van der Waals surface area contributed by atoms with Crippen molar-refractivity contribution in [3.8, 4) is 0 Å². The molecule has 0 spiro atoms. The van der Waals surface area contributed by atoms with Crippen molar-refractivity contribution in [2.24, 2.45) is 0 Å². The Morgan fingerprint density at radius 2 is 2.31 bits per heavy atom. The molecule has 0 aliphatic rings.